The molecule has 1 aromatic rings. The standard InChI is InChI=1S/C17H27N3O/c1-13-7-6-8-16(14(13)2)20-11-9-19(10-12-20)15(3)17(21)18(4)5/h6-8,15H,9-12H2,1-5H3/p+1/t15-/m1/s1. The van der Waals surface area contributed by atoms with Gasteiger partial charge in [-0.25, -0.2) is 0 Å². The van der Waals surface area contributed by atoms with Crippen LogP contribution in [0.2, 0.25) is 0 Å². The molecule has 0 aliphatic carbocycles. The summed E-state index contributed by atoms with van der Waals surface area (Å²) in [6.07, 6.45) is 0. The van der Waals surface area contributed by atoms with Crippen LogP contribution in [-0.4, -0.2) is 57.1 Å². The fraction of sp³-hybridized carbons (Fsp3) is 0.588. The Labute approximate surface area is 128 Å². The van der Waals surface area contributed by atoms with Gasteiger partial charge < -0.3 is 14.7 Å². The van der Waals surface area contributed by atoms with Crippen molar-refractivity contribution in [3.05, 3.63) is 29.3 Å². The summed E-state index contributed by atoms with van der Waals surface area (Å²) in [7, 11) is 3.68. The molecule has 116 valence electrons. The summed E-state index contributed by atoms with van der Waals surface area (Å²) >= 11 is 0. The van der Waals surface area contributed by atoms with Gasteiger partial charge in [-0.1, -0.05) is 12.1 Å². The third-order valence-electron chi connectivity index (χ3n) is 4.75. The lowest BCUT2D eigenvalue weighted by Crippen LogP contribution is -3.19. The first kappa shape index (κ1) is 15.8. The number of hydrogen-bond acceptors (Lipinski definition) is 2. The highest BCUT2D eigenvalue weighted by molar-refractivity contribution is 5.79. The number of aryl methyl sites for hydroxylation is 1. The van der Waals surface area contributed by atoms with Gasteiger partial charge >= 0.3 is 0 Å². The smallest absolute Gasteiger partial charge is 0.280 e. The maximum absolute atomic E-state index is 12.1. The normalized spacial score (nSPS) is 17.7. The Morgan fingerprint density at radius 3 is 2.43 bits per heavy atom. The van der Waals surface area contributed by atoms with Crippen molar-refractivity contribution in [2.24, 2.45) is 0 Å². The third kappa shape index (κ3) is 3.38. The number of quaternary nitrogens is 1. The molecule has 1 fully saturated rings. The maximum Gasteiger partial charge on any atom is 0.280 e. The number of amides is 1. The Morgan fingerprint density at radius 2 is 1.86 bits per heavy atom. The van der Waals surface area contributed by atoms with E-state index in [2.05, 4.69) is 36.9 Å². The van der Waals surface area contributed by atoms with E-state index in [1.54, 1.807) is 4.90 Å². The van der Waals surface area contributed by atoms with E-state index < -0.39 is 0 Å². The first-order valence-electron chi connectivity index (χ1n) is 7.78. The number of carbonyl (C=O) groups excluding carboxylic acids is 1. The second kappa shape index (κ2) is 6.48. The number of piperazine rings is 1. The van der Waals surface area contributed by atoms with Crippen LogP contribution in [-0.2, 0) is 4.79 Å². The van der Waals surface area contributed by atoms with Crippen LogP contribution in [0.1, 0.15) is 18.1 Å². The first-order chi connectivity index (χ1) is 9.91. The second-order valence-corrected chi connectivity index (χ2v) is 6.32. The van der Waals surface area contributed by atoms with Gasteiger partial charge in [0.25, 0.3) is 5.91 Å². The molecule has 1 heterocycles. The highest BCUT2D eigenvalue weighted by atomic mass is 16.2. The van der Waals surface area contributed by atoms with Crippen LogP contribution in [0.3, 0.4) is 0 Å². The monoisotopic (exact) mass is 290 g/mol. The lowest BCUT2D eigenvalue weighted by Gasteiger charge is -2.37. The van der Waals surface area contributed by atoms with Crippen LogP contribution >= 0.6 is 0 Å². The van der Waals surface area contributed by atoms with Gasteiger partial charge in [0.15, 0.2) is 6.04 Å². The fourth-order valence-electron chi connectivity index (χ4n) is 3.11. The molecule has 0 radical (unpaired) electrons. The van der Waals surface area contributed by atoms with Gasteiger partial charge in [-0.05, 0) is 38.0 Å². The molecule has 21 heavy (non-hydrogen) atoms. The van der Waals surface area contributed by atoms with Crippen molar-refractivity contribution in [1.29, 1.82) is 0 Å². The molecule has 1 saturated heterocycles. The number of carbonyl (C=O) groups is 1. The lowest BCUT2D eigenvalue weighted by atomic mass is 10.1. The van der Waals surface area contributed by atoms with Gasteiger partial charge in [0.05, 0.1) is 26.2 Å². The van der Waals surface area contributed by atoms with E-state index in [0.717, 1.165) is 26.2 Å². The zero-order chi connectivity index (χ0) is 15.6. The first-order valence-corrected chi connectivity index (χ1v) is 7.78. The molecule has 1 aliphatic heterocycles. The molecule has 0 aromatic heterocycles. The predicted molar refractivity (Wildman–Crippen MR) is 87.0 cm³/mol. The zero-order valence-electron chi connectivity index (χ0n) is 13.9. The minimum absolute atomic E-state index is 0.0563. The van der Waals surface area contributed by atoms with Crippen LogP contribution in [0, 0.1) is 13.8 Å². The molecule has 0 saturated carbocycles. The Balaban J connectivity index is 2.00. The van der Waals surface area contributed by atoms with Gasteiger partial charge in [-0.3, -0.25) is 4.79 Å². The summed E-state index contributed by atoms with van der Waals surface area (Å²) in [4.78, 5) is 17.6. The molecule has 4 nitrogen and oxygen atoms in total. The van der Waals surface area contributed by atoms with Gasteiger partial charge in [0.2, 0.25) is 0 Å². The van der Waals surface area contributed by atoms with Gasteiger partial charge in [0, 0.05) is 19.8 Å². The van der Waals surface area contributed by atoms with Crippen molar-refractivity contribution in [2.75, 3.05) is 45.2 Å². The van der Waals surface area contributed by atoms with E-state index >= 15 is 0 Å². The van der Waals surface area contributed by atoms with Crippen LogP contribution in [0.5, 0.6) is 0 Å². The minimum atomic E-state index is 0.0563. The van der Waals surface area contributed by atoms with Crippen LogP contribution < -0.4 is 9.80 Å². The number of benzene rings is 1. The Kier molecular flexibility index (Phi) is 4.88. The Morgan fingerprint density at radius 1 is 1.24 bits per heavy atom. The van der Waals surface area contributed by atoms with Gasteiger partial charge in [-0.2, -0.15) is 0 Å². The average Bonchev–Trinajstić information content (AvgIpc) is 2.48. The highest BCUT2D eigenvalue weighted by Gasteiger charge is 2.30. The molecular formula is C17H28N3O+. The van der Waals surface area contributed by atoms with E-state index in [-0.39, 0.29) is 11.9 Å². The summed E-state index contributed by atoms with van der Waals surface area (Å²) < 4.78 is 0. The van der Waals surface area contributed by atoms with Crippen LogP contribution in [0.4, 0.5) is 5.69 Å². The molecule has 1 N–H and O–H groups in total. The van der Waals surface area contributed by atoms with Crippen molar-refractivity contribution < 1.29 is 9.69 Å². The Bertz CT molecular complexity index is 505. The molecule has 1 atom stereocenters. The Hall–Kier alpha value is -1.55. The maximum atomic E-state index is 12.1. The van der Waals surface area contributed by atoms with E-state index in [4.69, 9.17) is 0 Å². The number of anilines is 1. The lowest BCUT2D eigenvalue weighted by molar-refractivity contribution is -0.915. The van der Waals surface area contributed by atoms with Crippen molar-refractivity contribution in [3.63, 3.8) is 0 Å². The molecule has 4 heteroatoms. The van der Waals surface area contributed by atoms with Crippen molar-refractivity contribution in [1.82, 2.24) is 4.90 Å². The number of hydrogen-bond donors (Lipinski definition) is 1. The zero-order valence-corrected chi connectivity index (χ0v) is 13.9. The van der Waals surface area contributed by atoms with Gasteiger partial charge in [0.1, 0.15) is 0 Å². The van der Waals surface area contributed by atoms with Crippen LogP contribution in [0.15, 0.2) is 18.2 Å². The molecule has 1 aliphatic rings. The number of nitrogens with zero attached hydrogens (tertiary/aromatic N) is 2. The molecular weight excluding hydrogens is 262 g/mol. The largest absolute Gasteiger partial charge is 0.360 e. The topological polar surface area (TPSA) is 28.0 Å². The summed E-state index contributed by atoms with van der Waals surface area (Å²) in [5.74, 6) is 0.227. The van der Waals surface area contributed by atoms with Crippen LogP contribution in [0.25, 0.3) is 0 Å². The quantitative estimate of drug-likeness (QED) is 0.877. The fourth-order valence-corrected chi connectivity index (χ4v) is 3.11. The molecule has 0 spiro atoms. The van der Waals surface area contributed by atoms with Gasteiger partial charge in [-0.15, -0.1) is 0 Å². The number of likely N-dealkylation sites (N-methyl/N-ethyl adjacent to an activating group) is 1. The highest BCUT2D eigenvalue weighted by Crippen LogP contribution is 2.22. The average molecular weight is 290 g/mol. The number of rotatable bonds is 3. The summed E-state index contributed by atoms with van der Waals surface area (Å²) in [6, 6.07) is 6.57. The molecule has 1 aromatic carbocycles. The van der Waals surface area contributed by atoms with Crippen molar-refractivity contribution in [2.45, 2.75) is 26.8 Å². The summed E-state index contributed by atoms with van der Waals surface area (Å²) in [5.41, 5.74) is 4.07. The SMILES string of the molecule is Cc1cccc(N2CC[NH+]([C@H](C)C(=O)N(C)C)CC2)c1C. The molecule has 0 unspecified atom stereocenters. The predicted octanol–water partition coefficient (Wildman–Crippen LogP) is 0.485. The molecule has 0 bridgehead atoms. The number of nitrogens with one attached hydrogen (secondary N) is 1. The van der Waals surface area contributed by atoms with E-state index in [1.807, 2.05) is 21.0 Å². The van der Waals surface area contributed by atoms with Crippen molar-refractivity contribution >= 4 is 11.6 Å². The minimum Gasteiger partial charge on any atom is -0.360 e. The van der Waals surface area contributed by atoms with E-state index in [9.17, 15) is 4.79 Å². The van der Waals surface area contributed by atoms with E-state index in [0.29, 0.717) is 0 Å². The second-order valence-electron chi connectivity index (χ2n) is 6.32. The summed E-state index contributed by atoms with van der Waals surface area (Å²) in [6.45, 7) is 10.5. The van der Waals surface area contributed by atoms with Crippen molar-refractivity contribution in [3.8, 4) is 0 Å². The molecule has 2 rings (SSSR count). The molecule has 1 amide bonds. The summed E-state index contributed by atoms with van der Waals surface area (Å²) in [5, 5.41) is 0. The van der Waals surface area contributed by atoms with E-state index in [1.165, 1.54) is 21.7 Å². The third-order valence-corrected chi connectivity index (χ3v) is 4.75.